The first-order valence-corrected chi connectivity index (χ1v) is 12.0. The van der Waals surface area contributed by atoms with Gasteiger partial charge < -0.3 is 9.64 Å². The van der Waals surface area contributed by atoms with Crippen molar-refractivity contribution in [2.75, 3.05) is 6.54 Å². The molecule has 2 fully saturated rings. The molecule has 0 unspecified atom stereocenters. The van der Waals surface area contributed by atoms with Crippen LogP contribution in [0.25, 0.3) is 0 Å². The van der Waals surface area contributed by atoms with Gasteiger partial charge in [0.15, 0.2) is 0 Å². The van der Waals surface area contributed by atoms with Gasteiger partial charge in [-0.2, -0.15) is 0 Å². The molecule has 3 aliphatic rings. The third kappa shape index (κ3) is 3.94. The van der Waals surface area contributed by atoms with Gasteiger partial charge in [-0.1, -0.05) is 34.1 Å². The molecule has 1 heterocycles. The Bertz CT molecular complexity index is 1130. The highest BCUT2D eigenvalue weighted by molar-refractivity contribution is 9.10. The highest BCUT2D eigenvalue weighted by Gasteiger charge is 2.58. The molecule has 2 aliphatic carbocycles. The molecule has 2 aromatic carbocycles. The number of aryl methyl sites for hydroxylation is 1. The fourth-order valence-electron chi connectivity index (χ4n) is 4.93. The Kier molecular flexibility index (Phi) is 5.51. The van der Waals surface area contributed by atoms with Crippen molar-refractivity contribution in [3.05, 3.63) is 69.4 Å². The molecule has 2 atom stereocenters. The second kappa shape index (κ2) is 8.24. The average molecular weight is 515 g/mol. The van der Waals surface area contributed by atoms with E-state index in [1.54, 1.807) is 23.1 Å². The number of amides is 3. The Morgan fingerprint density at radius 2 is 1.97 bits per heavy atom. The van der Waals surface area contributed by atoms with Crippen LogP contribution in [0.5, 0.6) is 0 Å². The number of benzene rings is 2. The minimum absolute atomic E-state index is 0.0465. The lowest BCUT2D eigenvalue weighted by Gasteiger charge is -2.30. The zero-order valence-electron chi connectivity index (χ0n) is 18.2. The van der Waals surface area contributed by atoms with Gasteiger partial charge in [0.25, 0.3) is 5.91 Å². The predicted octanol–water partition coefficient (Wildman–Crippen LogP) is 4.54. The predicted molar refractivity (Wildman–Crippen MR) is 121 cm³/mol. The second-order valence-electron chi connectivity index (χ2n) is 9.11. The molecule has 5 rings (SSSR count). The van der Waals surface area contributed by atoms with Crippen LogP contribution in [-0.2, 0) is 32.9 Å². The summed E-state index contributed by atoms with van der Waals surface area (Å²) >= 11 is 3.44. The molecular formula is C25H24BrFN2O4. The summed E-state index contributed by atoms with van der Waals surface area (Å²) in [5.74, 6) is -0.758. The Morgan fingerprint density at radius 1 is 1.24 bits per heavy atom. The first-order chi connectivity index (χ1) is 15.8. The lowest BCUT2D eigenvalue weighted by molar-refractivity contribution is -0.143. The molecule has 8 heteroatoms. The molecule has 1 spiro atoms. The van der Waals surface area contributed by atoms with Gasteiger partial charge in [0.1, 0.15) is 12.4 Å². The molecule has 3 amide bonds. The topological polar surface area (TPSA) is 66.9 Å². The lowest BCUT2D eigenvalue weighted by Crippen LogP contribution is -2.47. The number of imide groups is 1. The summed E-state index contributed by atoms with van der Waals surface area (Å²) in [6, 6.07) is 11.5. The van der Waals surface area contributed by atoms with Crippen molar-refractivity contribution >= 4 is 33.8 Å². The van der Waals surface area contributed by atoms with Crippen molar-refractivity contribution in [2.24, 2.45) is 5.92 Å². The zero-order valence-corrected chi connectivity index (χ0v) is 19.8. The summed E-state index contributed by atoms with van der Waals surface area (Å²) < 4.78 is 19.9. The molecule has 0 N–H and O–H groups in total. The van der Waals surface area contributed by atoms with Gasteiger partial charge in [-0.15, -0.1) is 0 Å². The molecule has 6 nitrogen and oxygen atoms in total. The number of carbonyl (C=O) groups excluding carboxylic acids is 3. The molecule has 1 saturated carbocycles. The highest BCUT2D eigenvalue weighted by atomic mass is 79.9. The van der Waals surface area contributed by atoms with Gasteiger partial charge >= 0.3 is 6.09 Å². The third-order valence-electron chi connectivity index (χ3n) is 7.00. The normalized spacial score (nSPS) is 22.5. The average Bonchev–Trinajstić information content (AvgIpc) is 3.54. The Labute approximate surface area is 199 Å². The van der Waals surface area contributed by atoms with Crippen LogP contribution in [0.1, 0.15) is 42.9 Å². The SMILES string of the molecule is C[C@@H](C1CC1)N(Cc1ccc(F)cc1)C(=O)CN1C(=O)O[C@@]2(CCc3cc(Br)ccc32)C1=O. The molecular weight excluding hydrogens is 491 g/mol. The van der Waals surface area contributed by atoms with Gasteiger partial charge in [-0.3, -0.25) is 9.59 Å². The molecule has 2 aromatic rings. The number of fused-ring (bicyclic) bond motifs is 2. The Hall–Kier alpha value is -2.74. The van der Waals surface area contributed by atoms with E-state index in [0.717, 1.165) is 33.3 Å². The molecule has 172 valence electrons. The van der Waals surface area contributed by atoms with Crippen molar-refractivity contribution in [2.45, 2.75) is 50.8 Å². The van der Waals surface area contributed by atoms with E-state index in [0.29, 0.717) is 24.3 Å². The van der Waals surface area contributed by atoms with Crippen LogP contribution in [0.4, 0.5) is 9.18 Å². The van der Waals surface area contributed by atoms with E-state index in [-0.39, 0.29) is 30.9 Å². The summed E-state index contributed by atoms with van der Waals surface area (Å²) in [6.45, 7) is 1.90. The van der Waals surface area contributed by atoms with Crippen LogP contribution in [0, 0.1) is 11.7 Å². The van der Waals surface area contributed by atoms with Crippen molar-refractivity contribution in [3.8, 4) is 0 Å². The summed E-state index contributed by atoms with van der Waals surface area (Å²) in [4.78, 5) is 42.2. The smallest absolute Gasteiger partial charge is 0.418 e. The van der Waals surface area contributed by atoms with Crippen LogP contribution < -0.4 is 0 Å². The highest BCUT2D eigenvalue weighted by Crippen LogP contribution is 2.46. The summed E-state index contributed by atoms with van der Waals surface area (Å²) in [6.07, 6.45) is 2.27. The molecule has 33 heavy (non-hydrogen) atoms. The van der Waals surface area contributed by atoms with E-state index in [1.165, 1.54) is 12.1 Å². The van der Waals surface area contributed by atoms with Crippen molar-refractivity contribution < 1.29 is 23.5 Å². The van der Waals surface area contributed by atoms with Crippen LogP contribution in [0.2, 0.25) is 0 Å². The summed E-state index contributed by atoms with van der Waals surface area (Å²) in [7, 11) is 0. The quantitative estimate of drug-likeness (QED) is 0.567. The summed E-state index contributed by atoms with van der Waals surface area (Å²) in [5.41, 5.74) is 1.09. The van der Waals surface area contributed by atoms with E-state index in [2.05, 4.69) is 15.9 Å². The first-order valence-electron chi connectivity index (χ1n) is 11.2. The minimum atomic E-state index is -1.35. The number of nitrogens with zero attached hydrogens (tertiary/aromatic N) is 2. The van der Waals surface area contributed by atoms with Crippen LogP contribution in [0.3, 0.4) is 0 Å². The van der Waals surface area contributed by atoms with E-state index >= 15 is 0 Å². The third-order valence-corrected chi connectivity index (χ3v) is 7.49. The van der Waals surface area contributed by atoms with Gasteiger partial charge in [0, 0.05) is 29.0 Å². The molecule has 1 saturated heterocycles. The van der Waals surface area contributed by atoms with Crippen molar-refractivity contribution in [3.63, 3.8) is 0 Å². The van der Waals surface area contributed by atoms with E-state index in [9.17, 15) is 18.8 Å². The number of halogens is 2. The zero-order chi connectivity index (χ0) is 23.3. The second-order valence-corrected chi connectivity index (χ2v) is 10.0. The van der Waals surface area contributed by atoms with E-state index in [4.69, 9.17) is 4.74 Å². The number of hydrogen-bond donors (Lipinski definition) is 0. The molecule has 0 aromatic heterocycles. The van der Waals surface area contributed by atoms with Gasteiger partial charge in [-0.05, 0) is 67.5 Å². The van der Waals surface area contributed by atoms with Crippen molar-refractivity contribution in [1.29, 1.82) is 0 Å². The number of ether oxygens (including phenoxy) is 1. The number of carbonyl (C=O) groups is 3. The lowest BCUT2D eigenvalue weighted by atomic mass is 9.95. The van der Waals surface area contributed by atoms with E-state index < -0.39 is 17.6 Å². The Balaban J connectivity index is 1.37. The maximum absolute atomic E-state index is 13.4. The van der Waals surface area contributed by atoms with Crippen LogP contribution in [0.15, 0.2) is 46.9 Å². The van der Waals surface area contributed by atoms with Crippen LogP contribution in [-0.4, -0.2) is 40.3 Å². The first kappa shape index (κ1) is 22.1. The fraction of sp³-hybridized carbons (Fsp3) is 0.400. The van der Waals surface area contributed by atoms with Crippen LogP contribution >= 0.6 is 15.9 Å². The molecule has 0 radical (unpaired) electrons. The largest absolute Gasteiger partial charge is 0.427 e. The minimum Gasteiger partial charge on any atom is -0.427 e. The Morgan fingerprint density at radius 3 is 2.67 bits per heavy atom. The van der Waals surface area contributed by atoms with E-state index in [1.807, 2.05) is 19.1 Å². The fourth-order valence-corrected chi connectivity index (χ4v) is 5.34. The summed E-state index contributed by atoms with van der Waals surface area (Å²) in [5, 5.41) is 0. The van der Waals surface area contributed by atoms with Gasteiger partial charge in [-0.25, -0.2) is 14.1 Å². The number of rotatable bonds is 6. The van der Waals surface area contributed by atoms with Gasteiger partial charge in [0.05, 0.1) is 0 Å². The molecule has 1 aliphatic heterocycles. The monoisotopic (exact) mass is 514 g/mol. The molecule has 0 bridgehead atoms. The maximum Gasteiger partial charge on any atom is 0.418 e. The maximum atomic E-state index is 13.4. The number of hydrogen-bond acceptors (Lipinski definition) is 4. The van der Waals surface area contributed by atoms with Crippen molar-refractivity contribution in [1.82, 2.24) is 9.80 Å². The van der Waals surface area contributed by atoms with Gasteiger partial charge in [0.2, 0.25) is 11.5 Å². The standard InChI is InChI=1S/C25H24BrFN2O4/c1-15(17-4-5-17)28(13-16-2-7-20(27)8-3-16)22(30)14-29-23(31)25(33-24(29)32)11-10-18-12-19(26)6-9-21(18)25/h2-3,6-9,12,15,17H,4-5,10-11,13-14H2,1H3/t15-,25+/m0/s1.